The highest BCUT2D eigenvalue weighted by Gasteiger charge is 2.67. The van der Waals surface area contributed by atoms with Crippen LogP contribution in [-0.4, -0.2) is 65.2 Å². The number of benzene rings is 1. The molecule has 7 unspecified atom stereocenters. The SMILES string of the molecule is CCC(C)NCc1c(O)c2c(c(F)c1F)CC1CC3C(N(C)C)C(=O)C(C(N)=O)C(=O)C3(C)C(=O)C1C2=O. The van der Waals surface area contributed by atoms with Gasteiger partial charge in [0.15, 0.2) is 40.7 Å². The third-order valence-electron chi connectivity index (χ3n) is 8.92. The number of primary amides is 1. The molecule has 0 aromatic heterocycles. The van der Waals surface area contributed by atoms with Crippen molar-refractivity contribution in [3.8, 4) is 5.75 Å². The van der Waals surface area contributed by atoms with Crippen molar-refractivity contribution in [2.24, 2.45) is 34.8 Å². The maximum absolute atomic E-state index is 15.3. The molecule has 0 bridgehead atoms. The fourth-order valence-electron chi connectivity index (χ4n) is 6.61. The van der Waals surface area contributed by atoms with Crippen LogP contribution >= 0.6 is 0 Å². The zero-order chi connectivity index (χ0) is 28.4. The molecule has 9 nitrogen and oxygen atoms in total. The van der Waals surface area contributed by atoms with Crippen molar-refractivity contribution >= 4 is 29.0 Å². The molecule has 1 aromatic rings. The van der Waals surface area contributed by atoms with E-state index in [1.807, 2.05) is 13.8 Å². The number of fused-ring (bicyclic) bond motifs is 3. The van der Waals surface area contributed by atoms with Gasteiger partial charge < -0.3 is 16.2 Å². The molecule has 3 aliphatic carbocycles. The molecule has 206 valence electrons. The van der Waals surface area contributed by atoms with Crippen molar-refractivity contribution in [3.05, 3.63) is 28.3 Å². The summed E-state index contributed by atoms with van der Waals surface area (Å²) in [4.78, 5) is 68.0. The summed E-state index contributed by atoms with van der Waals surface area (Å²) in [6.07, 6.45) is 0.452. The van der Waals surface area contributed by atoms with Gasteiger partial charge in [-0.25, -0.2) is 8.78 Å². The van der Waals surface area contributed by atoms with Crippen LogP contribution in [-0.2, 0) is 32.1 Å². The molecule has 4 rings (SSSR count). The summed E-state index contributed by atoms with van der Waals surface area (Å²) in [5.41, 5.74) is 2.31. The van der Waals surface area contributed by atoms with Crippen LogP contribution in [0.5, 0.6) is 5.75 Å². The molecule has 1 aromatic carbocycles. The van der Waals surface area contributed by atoms with Crippen LogP contribution in [0.1, 0.15) is 55.1 Å². The molecule has 38 heavy (non-hydrogen) atoms. The van der Waals surface area contributed by atoms with Gasteiger partial charge in [0.1, 0.15) is 5.75 Å². The quantitative estimate of drug-likeness (QED) is 0.464. The Labute approximate surface area is 219 Å². The van der Waals surface area contributed by atoms with E-state index in [-0.39, 0.29) is 31.0 Å². The number of carbonyl (C=O) groups excluding carboxylic acids is 5. The van der Waals surface area contributed by atoms with Gasteiger partial charge in [-0.3, -0.25) is 28.9 Å². The first-order valence-electron chi connectivity index (χ1n) is 12.8. The molecule has 0 heterocycles. The zero-order valence-electron chi connectivity index (χ0n) is 22.1. The lowest BCUT2D eigenvalue weighted by molar-refractivity contribution is -0.166. The Hall–Kier alpha value is -3.05. The Morgan fingerprint density at radius 3 is 2.37 bits per heavy atom. The Morgan fingerprint density at radius 2 is 1.82 bits per heavy atom. The van der Waals surface area contributed by atoms with Crippen LogP contribution in [0.25, 0.3) is 0 Å². The number of carbonyl (C=O) groups is 5. The second-order valence-corrected chi connectivity index (χ2v) is 11.2. The minimum Gasteiger partial charge on any atom is -0.507 e. The van der Waals surface area contributed by atoms with Gasteiger partial charge in [0, 0.05) is 29.6 Å². The normalized spacial score (nSPS) is 31.6. The molecule has 7 atom stereocenters. The predicted octanol–water partition coefficient (Wildman–Crippen LogP) is 1.31. The third-order valence-corrected chi connectivity index (χ3v) is 8.92. The van der Waals surface area contributed by atoms with Crippen molar-refractivity contribution in [1.29, 1.82) is 0 Å². The van der Waals surface area contributed by atoms with Gasteiger partial charge in [-0.2, -0.15) is 0 Å². The number of aromatic hydroxyl groups is 1. The van der Waals surface area contributed by atoms with Crippen molar-refractivity contribution in [3.63, 3.8) is 0 Å². The summed E-state index contributed by atoms with van der Waals surface area (Å²) in [6, 6.07) is -1.10. The molecule has 0 radical (unpaired) electrons. The number of nitrogens with zero attached hydrogens (tertiary/aromatic N) is 1. The largest absolute Gasteiger partial charge is 0.507 e. The van der Waals surface area contributed by atoms with Crippen LogP contribution in [0.2, 0.25) is 0 Å². The number of halogens is 2. The molecule has 0 aliphatic heterocycles. The number of amides is 1. The average molecular weight is 534 g/mol. The van der Waals surface area contributed by atoms with Crippen molar-refractivity contribution in [1.82, 2.24) is 10.2 Å². The number of phenols is 1. The number of nitrogens with two attached hydrogens (primary N) is 1. The third kappa shape index (κ3) is 3.81. The van der Waals surface area contributed by atoms with Crippen molar-refractivity contribution < 1.29 is 37.9 Å². The highest BCUT2D eigenvalue weighted by atomic mass is 19.2. The minimum atomic E-state index is -1.88. The summed E-state index contributed by atoms with van der Waals surface area (Å²) in [5, 5.41) is 13.9. The van der Waals surface area contributed by atoms with Gasteiger partial charge in [0.25, 0.3) is 0 Å². The Balaban J connectivity index is 1.84. The average Bonchev–Trinajstić information content (AvgIpc) is 2.83. The van der Waals surface area contributed by atoms with Crippen LogP contribution < -0.4 is 11.1 Å². The Morgan fingerprint density at radius 1 is 1.18 bits per heavy atom. The number of rotatable bonds is 6. The van der Waals surface area contributed by atoms with Crippen LogP contribution in [0.15, 0.2) is 0 Å². The van der Waals surface area contributed by atoms with Crippen molar-refractivity contribution in [2.75, 3.05) is 14.1 Å². The number of hydrogen-bond donors (Lipinski definition) is 3. The first-order chi connectivity index (χ1) is 17.7. The van der Waals surface area contributed by atoms with E-state index in [9.17, 15) is 29.1 Å². The lowest BCUT2D eigenvalue weighted by Gasteiger charge is -2.53. The summed E-state index contributed by atoms with van der Waals surface area (Å²) >= 11 is 0. The molecule has 0 saturated heterocycles. The van der Waals surface area contributed by atoms with Gasteiger partial charge in [0.05, 0.1) is 22.9 Å². The topological polar surface area (TPSA) is 147 Å². The van der Waals surface area contributed by atoms with E-state index in [1.54, 1.807) is 14.1 Å². The fraction of sp³-hybridized carbons (Fsp3) is 0.593. The lowest BCUT2D eigenvalue weighted by Crippen LogP contribution is -2.69. The predicted molar refractivity (Wildman–Crippen MR) is 131 cm³/mol. The number of Topliss-reactive ketones (excluding diaryl/α,β-unsaturated/α-hetero) is 4. The molecular formula is C27H33F2N3O6. The number of likely N-dealkylation sites (N-methyl/N-ethyl adjacent to an activating group) is 1. The molecule has 2 fully saturated rings. The number of phenolic OH excluding ortho intramolecular Hbond substituents is 1. The van der Waals surface area contributed by atoms with E-state index in [2.05, 4.69) is 5.32 Å². The van der Waals surface area contributed by atoms with Crippen LogP contribution in [0.3, 0.4) is 0 Å². The number of hydrogen-bond acceptors (Lipinski definition) is 8. The van der Waals surface area contributed by atoms with E-state index in [0.717, 1.165) is 0 Å². The summed E-state index contributed by atoms with van der Waals surface area (Å²) in [5.74, 6) is -12.8. The first-order valence-corrected chi connectivity index (χ1v) is 12.8. The van der Waals surface area contributed by atoms with Crippen LogP contribution in [0, 0.1) is 40.7 Å². The van der Waals surface area contributed by atoms with Gasteiger partial charge in [-0.05, 0) is 53.1 Å². The summed E-state index contributed by atoms with van der Waals surface area (Å²) < 4.78 is 30.4. The highest BCUT2D eigenvalue weighted by molar-refractivity contribution is 6.30. The smallest absolute Gasteiger partial charge is 0.235 e. The van der Waals surface area contributed by atoms with E-state index < -0.39 is 92.7 Å². The Bertz CT molecular complexity index is 1260. The zero-order valence-corrected chi connectivity index (χ0v) is 22.1. The molecule has 0 spiro atoms. The fourth-order valence-corrected chi connectivity index (χ4v) is 6.61. The Kier molecular flexibility index (Phi) is 7.07. The monoisotopic (exact) mass is 533 g/mol. The molecule has 11 heteroatoms. The van der Waals surface area contributed by atoms with Gasteiger partial charge in [0.2, 0.25) is 5.91 Å². The number of ketones is 4. The molecule has 1 amide bonds. The molecular weight excluding hydrogens is 500 g/mol. The second-order valence-electron chi connectivity index (χ2n) is 11.2. The minimum absolute atomic E-state index is 0.00301. The standard InChI is InChI=1S/C27H33F2N3O6/c1-6-10(2)31-9-13-19(29)18(28)12-7-11-8-14-20(32(4)5)23(35)17(26(30)38)25(37)27(14,3)24(36)15(11)22(34)16(12)21(13)33/h10-11,14-15,17,20,31,33H,6-9H2,1-5H3,(H2,30,38). The lowest BCUT2D eigenvalue weighted by atomic mass is 9.48. The van der Waals surface area contributed by atoms with Gasteiger partial charge in [-0.15, -0.1) is 0 Å². The van der Waals surface area contributed by atoms with E-state index in [0.29, 0.717) is 6.42 Å². The van der Waals surface area contributed by atoms with Crippen molar-refractivity contribution in [2.45, 2.75) is 58.7 Å². The van der Waals surface area contributed by atoms with Gasteiger partial charge >= 0.3 is 0 Å². The number of nitrogens with one attached hydrogen (secondary N) is 1. The van der Waals surface area contributed by atoms with E-state index in [1.165, 1.54) is 11.8 Å². The van der Waals surface area contributed by atoms with E-state index in [4.69, 9.17) is 5.73 Å². The van der Waals surface area contributed by atoms with Crippen LogP contribution in [0.4, 0.5) is 8.78 Å². The maximum Gasteiger partial charge on any atom is 0.235 e. The molecule has 2 saturated carbocycles. The summed E-state index contributed by atoms with van der Waals surface area (Å²) in [6.45, 7) is 4.80. The second kappa shape index (κ2) is 9.60. The first kappa shape index (κ1) is 28.0. The highest BCUT2D eigenvalue weighted by Crippen LogP contribution is 2.55. The van der Waals surface area contributed by atoms with E-state index >= 15 is 8.78 Å². The summed E-state index contributed by atoms with van der Waals surface area (Å²) in [7, 11) is 3.13. The molecule has 3 aliphatic rings. The maximum atomic E-state index is 15.3. The van der Waals surface area contributed by atoms with Gasteiger partial charge in [-0.1, -0.05) is 6.92 Å². The molecule has 4 N–H and O–H groups in total.